The maximum absolute atomic E-state index is 12.0. The Morgan fingerprint density at radius 1 is 1.00 bits per heavy atom. The molecule has 0 N–H and O–H groups in total. The smallest absolute Gasteiger partial charge is 0.309 e. The number of esters is 1. The van der Waals surface area contributed by atoms with Gasteiger partial charge in [-0.3, -0.25) is 9.59 Å². The van der Waals surface area contributed by atoms with Crippen LogP contribution in [0, 0.1) is 17.3 Å². The molecule has 0 aromatic rings. The van der Waals surface area contributed by atoms with Gasteiger partial charge in [-0.15, -0.1) is 0 Å². The molecule has 0 aromatic carbocycles. The highest BCUT2D eigenvalue weighted by atomic mass is 16.5. The standard InChI is InChI=1S/C16H30O3.C2H6/c1-7-9-10-11-19-15(18)13(4)16(5,6)12(3)14(17)8-2;1-2/h12-13H,7-11H2,1-6H3;1-2H3. The highest BCUT2D eigenvalue weighted by Gasteiger charge is 2.39. The summed E-state index contributed by atoms with van der Waals surface area (Å²) in [5, 5.41) is 0. The van der Waals surface area contributed by atoms with E-state index >= 15 is 0 Å². The zero-order valence-corrected chi connectivity index (χ0v) is 15.4. The van der Waals surface area contributed by atoms with Crippen molar-refractivity contribution in [3.63, 3.8) is 0 Å². The minimum atomic E-state index is -0.366. The van der Waals surface area contributed by atoms with Crippen LogP contribution < -0.4 is 0 Å². The summed E-state index contributed by atoms with van der Waals surface area (Å²) in [7, 11) is 0. The van der Waals surface area contributed by atoms with Crippen molar-refractivity contribution in [1.82, 2.24) is 0 Å². The van der Waals surface area contributed by atoms with E-state index in [0.29, 0.717) is 13.0 Å². The molecule has 0 fully saturated rings. The number of ether oxygens (including phenoxy) is 1. The zero-order chi connectivity index (χ0) is 17.1. The number of hydrogen-bond donors (Lipinski definition) is 0. The van der Waals surface area contributed by atoms with E-state index in [9.17, 15) is 9.59 Å². The van der Waals surface area contributed by atoms with Crippen molar-refractivity contribution in [2.75, 3.05) is 6.61 Å². The molecule has 0 radical (unpaired) electrons. The fraction of sp³-hybridized carbons (Fsp3) is 0.889. The summed E-state index contributed by atoms with van der Waals surface area (Å²) >= 11 is 0. The van der Waals surface area contributed by atoms with Crippen LogP contribution in [0.3, 0.4) is 0 Å². The molecule has 0 spiro atoms. The first-order chi connectivity index (χ1) is 9.78. The molecule has 0 aliphatic heterocycles. The molecular weight excluding hydrogens is 264 g/mol. The predicted octanol–water partition coefficient (Wildman–Crippen LogP) is 5.02. The van der Waals surface area contributed by atoms with Crippen LogP contribution >= 0.6 is 0 Å². The first kappa shape index (κ1) is 22.4. The topological polar surface area (TPSA) is 43.4 Å². The lowest BCUT2D eigenvalue weighted by molar-refractivity contribution is -0.154. The minimum Gasteiger partial charge on any atom is -0.465 e. The fourth-order valence-corrected chi connectivity index (χ4v) is 2.05. The molecule has 0 aromatic heterocycles. The van der Waals surface area contributed by atoms with Gasteiger partial charge in [-0.25, -0.2) is 0 Å². The molecule has 0 amide bonds. The number of carbonyl (C=O) groups is 2. The van der Waals surface area contributed by atoms with Crippen LogP contribution in [0.25, 0.3) is 0 Å². The second-order valence-corrected chi connectivity index (χ2v) is 5.96. The Kier molecular flexibility index (Phi) is 12.6. The van der Waals surface area contributed by atoms with Crippen molar-refractivity contribution in [2.45, 2.75) is 81.1 Å². The lowest BCUT2D eigenvalue weighted by Gasteiger charge is -2.35. The van der Waals surface area contributed by atoms with Crippen LogP contribution in [0.4, 0.5) is 0 Å². The molecule has 3 nitrogen and oxygen atoms in total. The minimum absolute atomic E-state index is 0.129. The Hall–Kier alpha value is -0.860. The second-order valence-electron chi connectivity index (χ2n) is 5.96. The lowest BCUT2D eigenvalue weighted by atomic mass is 9.69. The Labute approximate surface area is 131 Å². The van der Waals surface area contributed by atoms with Crippen molar-refractivity contribution >= 4 is 11.8 Å². The Morgan fingerprint density at radius 2 is 1.52 bits per heavy atom. The molecule has 0 aliphatic carbocycles. The molecule has 21 heavy (non-hydrogen) atoms. The van der Waals surface area contributed by atoms with Gasteiger partial charge in [0, 0.05) is 12.3 Å². The maximum atomic E-state index is 12.0. The first-order valence-electron chi connectivity index (χ1n) is 8.48. The molecular formula is C18H36O3. The molecule has 0 rings (SSSR count). The summed E-state index contributed by atoms with van der Waals surface area (Å²) in [6, 6.07) is 0. The largest absolute Gasteiger partial charge is 0.465 e. The summed E-state index contributed by atoms with van der Waals surface area (Å²) in [4.78, 5) is 23.9. The first-order valence-corrected chi connectivity index (χ1v) is 8.48. The molecule has 2 unspecified atom stereocenters. The van der Waals surface area contributed by atoms with Crippen LogP contribution in [0.2, 0.25) is 0 Å². The van der Waals surface area contributed by atoms with E-state index in [1.54, 1.807) is 0 Å². The average molecular weight is 300 g/mol. The third-order valence-corrected chi connectivity index (χ3v) is 4.41. The van der Waals surface area contributed by atoms with Gasteiger partial charge in [0.05, 0.1) is 12.5 Å². The summed E-state index contributed by atoms with van der Waals surface area (Å²) in [5.74, 6) is -0.372. The third kappa shape index (κ3) is 7.63. The van der Waals surface area contributed by atoms with E-state index < -0.39 is 0 Å². The summed E-state index contributed by atoms with van der Waals surface area (Å²) in [5.41, 5.74) is -0.366. The van der Waals surface area contributed by atoms with Gasteiger partial charge in [0.2, 0.25) is 0 Å². The molecule has 0 saturated heterocycles. The highest BCUT2D eigenvalue weighted by molar-refractivity contribution is 5.82. The number of Topliss-reactive ketones (excluding diaryl/α,β-unsaturated/α-hetero) is 1. The quantitative estimate of drug-likeness (QED) is 0.443. The van der Waals surface area contributed by atoms with Gasteiger partial charge in [0.25, 0.3) is 0 Å². The van der Waals surface area contributed by atoms with Crippen LogP contribution in [-0.2, 0) is 14.3 Å². The molecule has 0 heterocycles. The van der Waals surface area contributed by atoms with Crippen molar-refractivity contribution < 1.29 is 14.3 Å². The number of carbonyl (C=O) groups excluding carboxylic acids is 2. The summed E-state index contributed by atoms with van der Waals surface area (Å²) in [6.45, 7) is 16.2. The van der Waals surface area contributed by atoms with Gasteiger partial charge in [-0.05, 0) is 11.8 Å². The zero-order valence-electron chi connectivity index (χ0n) is 15.4. The van der Waals surface area contributed by atoms with Gasteiger partial charge in [-0.1, -0.05) is 68.2 Å². The van der Waals surface area contributed by atoms with E-state index in [0.717, 1.165) is 19.3 Å². The highest BCUT2D eigenvalue weighted by Crippen LogP contribution is 2.36. The van der Waals surface area contributed by atoms with E-state index in [4.69, 9.17) is 4.74 Å². The molecule has 0 bridgehead atoms. The average Bonchev–Trinajstić information content (AvgIpc) is 2.50. The van der Waals surface area contributed by atoms with Crippen LogP contribution in [-0.4, -0.2) is 18.4 Å². The fourth-order valence-electron chi connectivity index (χ4n) is 2.05. The molecule has 2 atom stereocenters. The van der Waals surface area contributed by atoms with Gasteiger partial charge < -0.3 is 4.74 Å². The Balaban J connectivity index is 0. The molecule has 126 valence electrons. The van der Waals surface area contributed by atoms with Gasteiger partial charge >= 0.3 is 5.97 Å². The molecule has 0 aliphatic rings. The van der Waals surface area contributed by atoms with Gasteiger partial charge in [0.1, 0.15) is 5.78 Å². The normalized spacial score (nSPS) is 13.7. The summed E-state index contributed by atoms with van der Waals surface area (Å²) < 4.78 is 5.31. The van der Waals surface area contributed by atoms with Gasteiger partial charge in [-0.2, -0.15) is 0 Å². The van der Waals surface area contributed by atoms with Crippen molar-refractivity contribution in [3.05, 3.63) is 0 Å². The SMILES string of the molecule is CC.CCCCCOC(=O)C(C)C(C)(C)C(C)C(=O)CC. The molecule has 0 saturated carbocycles. The van der Waals surface area contributed by atoms with E-state index in [1.807, 2.05) is 48.5 Å². The number of rotatable bonds is 9. The van der Waals surface area contributed by atoms with E-state index in [1.165, 1.54) is 0 Å². The molecule has 3 heteroatoms. The number of ketones is 1. The van der Waals surface area contributed by atoms with E-state index in [-0.39, 0.29) is 29.0 Å². The second kappa shape index (κ2) is 11.8. The number of unbranched alkanes of at least 4 members (excludes halogenated alkanes) is 2. The van der Waals surface area contributed by atoms with Crippen LogP contribution in [0.1, 0.15) is 81.1 Å². The van der Waals surface area contributed by atoms with Crippen molar-refractivity contribution in [3.8, 4) is 0 Å². The monoisotopic (exact) mass is 300 g/mol. The third-order valence-electron chi connectivity index (χ3n) is 4.41. The maximum Gasteiger partial charge on any atom is 0.309 e. The Bertz CT molecular complexity index is 295. The number of hydrogen-bond acceptors (Lipinski definition) is 3. The Morgan fingerprint density at radius 3 is 1.95 bits per heavy atom. The predicted molar refractivity (Wildman–Crippen MR) is 89.2 cm³/mol. The van der Waals surface area contributed by atoms with Crippen LogP contribution in [0.15, 0.2) is 0 Å². The van der Waals surface area contributed by atoms with Crippen molar-refractivity contribution in [2.24, 2.45) is 17.3 Å². The van der Waals surface area contributed by atoms with Crippen LogP contribution in [0.5, 0.6) is 0 Å². The van der Waals surface area contributed by atoms with Crippen molar-refractivity contribution in [1.29, 1.82) is 0 Å². The van der Waals surface area contributed by atoms with E-state index in [2.05, 4.69) is 6.92 Å². The van der Waals surface area contributed by atoms with Gasteiger partial charge in [0.15, 0.2) is 0 Å². The lowest BCUT2D eigenvalue weighted by Crippen LogP contribution is -2.38. The summed E-state index contributed by atoms with van der Waals surface area (Å²) in [6.07, 6.45) is 3.62.